The Balaban J connectivity index is 2.01. The molecule has 0 aliphatic carbocycles. The van der Waals surface area contributed by atoms with Crippen LogP contribution in [0.25, 0.3) is 11.3 Å². The molecule has 2 aromatic rings. The standard InChI is InChI=1S/C14H15IN4O/c15-7-2-1-5-13(20)19-14-17-9-6-12(18-14)11-4-3-8-16-10-11/h3-4,6,8-10H,1-2,5,7H2,(H,17,18,19,20). The van der Waals surface area contributed by atoms with Crippen molar-refractivity contribution in [3.05, 3.63) is 36.8 Å². The largest absolute Gasteiger partial charge is 0.295 e. The molecule has 5 nitrogen and oxygen atoms in total. The lowest BCUT2D eigenvalue weighted by Crippen LogP contribution is -2.13. The van der Waals surface area contributed by atoms with E-state index >= 15 is 0 Å². The van der Waals surface area contributed by atoms with Crippen molar-refractivity contribution in [2.24, 2.45) is 0 Å². The van der Waals surface area contributed by atoms with Gasteiger partial charge in [-0.05, 0) is 35.5 Å². The highest BCUT2D eigenvalue weighted by molar-refractivity contribution is 14.1. The normalized spacial score (nSPS) is 10.2. The van der Waals surface area contributed by atoms with Gasteiger partial charge in [-0.25, -0.2) is 9.97 Å². The number of hydrogen-bond acceptors (Lipinski definition) is 4. The second kappa shape index (κ2) is 7.88. The van der Waals surface area contributed by atoms with Crippen molar-refractivity contribution >= 4 is 34.4 Å². The zero-order valence-corrected chi connectivity index (χ0v) is 13.1. The number of carbonyl (C=O) groups excluding carboxylic acids is 1. The molecule has 1 N–H and O–H groups in total. The van der Waals surface area contributed by atoms with E-state index in [2.05, 4.69) is 42.9 Å². The summed E-state index contributed by atoms with van der Waals surface area (Å²) in [7, 11) is 0. The SMILES string of the molecule is O=C(CCCCI)Nc1nccc(-c2cccnc2)n1. The highest BCUT2D eigenvalue weighted by Gasteiger charge is 2.06. The van der Waals surface area contributed by atoms with Crippen LogP contribution in [0.1, 0.15) is 19.3 Å². The van der Waals surface area contributed by atoms with Gasteiger partial charge < -0.3 is 0 Å². The molecule has 0 aliphatic heterocycles. The molecule has 0 aliphatic rings. The molecule has 20 heavy (non-hydrogen) atoms. The van der Waals surface area contributed by atoms with Gasteiger partial charge in [-0.3, -0.25) is 15.1 Å². The van der Waals surface area contributed by atoms with E-state index in [1.807, 2.05) is 12.1 Å². The smallest absolute Gasteiger partial charge is 0.229 e. The third-order valence-electron chi connectivity index (χ3n) is 2.65. The minimum absolute atomic E-state index is 0.0433. The molecule has 2 heterocycles. The lowest BCUT2D eigenvalue weighted by molar-refractivity contribution is -0.116. The van der Waals surface area contributed by atoms with Gasteiger partial charge >= 0.3 is 0 Å². The molecular formula is C14H15IN4O. The third kappa shape index (κ3) is 4.52. The Hall–Kier alpha value is -1.57. The number of unbranched alkanes of at least 4 members (excludes halogenated alkanes) is 1. The third-order valence-corrected chi connectivity index (χ3v) is 3.41. The lowest BCUT2D eigenvalue weighted by atomic mass is 10.2. The van der Waals surface area contributed by atoms with Crippen LogP contribution in [-0.2, 0) is 4.79 Å². The van der Waals surface area contributed by atoms with E-state index in [1.165, 1.54) is 0 Å². The van der Waals surface area contributed by atoms with Gasteiger partial charge in [0.2, 0.25) is 11.9 Å². The topological polar surface area (TPSA) is 67.8 Å². The minimum Gasteiger partial charge on any atom is -0.295 e. The molecule has 0 unspecified atom stereocenters. The predicted octanol–water partition coefficient (Wildman–Crippen LogP) is 3.08. The Kier molecular flexibility index (Phi) is 5.85. The molecule has 0 saturated carbocycles. The van der Waals surface area contributed by atoms with Crippen LogP contribution in [0.15, 0.2) is 36.8 Å². The number of aromatic nitrogens is 3. The van der Waals surface area contributed by atoms with E-state index in [0.717, 1.165) is 28.5 Å². The minimum atomic E-state index is -0.0433. The van der Waals surface area contributed by atoms with Crippen LogP contribution in [0.4, 0.5) is 5.95 Å². The molecule has 0 spiro atoms. The summed E-state index contributed by atoms with van der Waals surface area (Å²) in [5, 5.41) is 2.73. The van der Waals surface area contributed by atoms with Gasteiger partial charge in [0.15, 0.2) is 0 Å². The molecule has 104 valence electrons. The van der Waals surface area contributed by atoms with E-state index in [0.29, 0.717) is 12.4 Å². The summed E-state index contributed by atoms with van der Waals surface area (Å²) in [6, 6.07) is 5.56. The monoisotopic (exact) mass is 382 g/mol. The van der Waals surface area contributed by atoms with Crippen molar-refractivity contribution in [2.75, 3.05) is 9.74 Å². The number of carbonyl (C=O) groups is 1. The van der Waals surface area contributed by atoms with E-state index in [1.54, 1.807) is 24.7 Å². The first-order valence-electron chi connectivity index (χ1n) is 6.39. The zero-order chi connectivity index (χ0) is 14.2. The molecule has 2 rings (SSSR count). The number of amides is 1. The Morgan fingerprint density at radius 2 is 2.15 bits per heavy atom. The van der Waals surface area contributed by atoms with Crippen molar-refractivity contribution in [1.82, 2.24) is 15.0 Å². The Morgan fingerprint density at radius 3 is 2.90 bits per heavy atom. The predicted molar refractivity (Wildman–Crippen MR) is 86.6 cm³/mol. The highest BCUT2D eigenvalue weighted by Crippen LogP contribution is 2.15. The number of halogens is 1. The Morgan fingerprint density at radius 1 is 1.25 bits per heavy atom. The maximum absolute atomic E-state index is 11.7. The van der Waals surface area contributed by atoms with Crippen molar-refractivity contribution < 1.29 is 4.79 Å². The zero-order valence-electron chi connectivity index (χ0n) is 10.9. The Labute approximate surface area is 131 Å². The first-order valence-corrected chi connectivity index (χ1v) is 7.91. The van der Waals surface area contributed by atoms with Crippen LogP contribution in [-0.4, -0.2) is 25.3 Å². The molecular weight excluding hydrogens is 367 g/mol. The first kappa shape index (κ1) is 14.8. The van der Waals surface area contributed by atoms with Gasteiger partial charge in [-0.15, -0.1) is 0 Å². The second-order valence-corrected chi connectivity index (χ2v) is 5.28. The quantitative estimate of drug-likeness (QED) is 0.474. The number of nitrogens with one attached hydrogen (secondary N) is 1. The molecule has 2 aromatic heterocycles. The fourth-order valence-electron chi connectivity index (χ4n) is 1.66. The molecule has 0 saturated heterocycles. The molecule has 0 fully saturated rings. The number of hydrogen-bond donors (Lipinski definition) is 1. The van der Waals surface area contributed by atoms with Gasteiger partial charge in [0, 0.05) is 30.6 Å². The summed E-state index contributed by atoms with van der Waals surface area (Å²) in [5.41, 5.74) is 1.64. The number of pyridine rings is 1. The molecule has 0 aromatic carbocycles. The van der Waals surface area contributed by atoms with Crippen LogP contribution in [0.5, 0.6) is 0 Å². The summed E-state index contributed by atoms with van der Waals surface area (Å²) in [5.74, 6) is 0.295. The summed E-state index contributed by atoms with van der Waals surface area (Å²) in [6.45, 7) is 0. The maximum atomic E-state index is 11.7. The van der Waals surface area contributed by atoms with Crippen molar-refractivity contribution in [1.29, 1.82) is 0 Å². The Bertz CT molecular complexity index is 562. The number of anilines is 1. The average Bonchev–Trinajstić information content (AvgIpc) is 2.49. The van der Waals surface area contributed by atoms with E-state index in [-0.39, 0.29) is 5.91 Å². The average molecular weight is 382 g/mol. The van der Waals surface area contributed by atoms with Gasteiger partial charge in [-0.1, -0.05) is 22.6 Å². The number of alkyl halides is 1. The van der Waals surface area contributed by atoms with Gasteiger partial charge in [0.1, 0.15) is 0 Å². The van der Waals surface area contributed by atoms with Gasteiger partial charge in [0.05, 0.1) is 5.69 Å². The fourth-order valence-corrected chi connectivity index (χ4v) is 2.20. The summed E-state index contributed by atoms with van der Waals surface area (Å²) in [4.78, 5) is 24.2. The second-order valence-electron chi connectivity index (χ2n) is 4.20. The van der Waals surface area contributed by atoms with Crippen molar-refractivity contribution in [2.45, 2.75) is 19.3 Å². The highest BCUT2D eigenvalue weighted by atomic mass is 127. The van der Waals surface area contributed by atoms with E-state index in [9.17, 15) is 4.79 Å². The van der Waals surface area contributed by atoms with Crippen LogP contribution in [0.3, 0.4) is 0 Å². The summed E-state index contributed by atoms with van der Waals surface area (Å²) < 4.78 is 1.07. The molecule has 1 amide bonds. The first-order chi connectivity index (χ1) is 9.79. The maximum Gasteiger partial charge on any atom is 0.229 e. The molecule has 6 heteroatoms. The van der Waals surface area contributed by atoms with E-state index < -0.39 is 0 Å². The van der Waals surface area contributed by atoms with Gasteiger partial charge in [-0.2, -0.15) is 0 Å². The van der Waals surface area contributed by atoms with Gasteiger partial charge in [0.25, 0.3) is 0 Å². The number of rotatable bonds is 6. The van der Waals surface area contributed by atoms with Crippen molar-refractivity contribution in [3.8, 4) is 11.3 Å². The van der Waals surface area contributed by atoms with Crippen LogP contribution >= 0.6 is 22.6 Å². The molecule has 0 bridgehead atoms. The summed E-state index contributed by atoms with van der Waals surface area (Å²) in [6.07, 6.45) is 7.51. The lowest BCUT2D eigenvalue weighted by Gasteiger charge is -2.05. The molecule has 0 radical (unpaired) electrons. The fraction of sp³-hybridized carbons (Fsp3) is 0.286. The molecule has 0 atom stereocenters. The van der Waals surface area contributed by atoms with Crippen LogP contribution in [0, 0.1) is 0 Å². The van der Waals surface area contributed by atoms with E-state index in [4.69, 9.17) is 0 Å². The van der Waals surface area contributed by atoms with Crippen LogP contribution in [0.2, 0.25) is 0 Å². The summed E-state index contributed by atoms with van der Waals surface area (Å²) >= 11 is 2.31. The number of nitrogens with zero attached hydrogens (tertiary/aromatic N) is 3. The van der Waals surface area contributed by atoms with Crippen LogP contribution < -0.4 is 5.32 Å². The van der Waals surface area contributed by atoms with Crippen molar-refractivity contribution in [3.63, 3.8) is 0 Å².